The summed E-state index contributed by atoms with van der Waals surface area (Å²) in [5.41, 5.74) is 0. The minimum atomic E-state index is -0.540. The van der Waals surface area contributed by atoms with Crippen LogP contribution >= 0.6 is 0 Å². The summed E-state index contributed by atoms with van der Waals surface area (Å²) < 4.78 is 17.3. The summed E-state index contributed by atoms with van der Waals surface area (Å²) in [5.74, 6) is -0.413. The summed E-state index contributed by atoms with van der Waals surface area (Å²) in [6.07, 6.45) is 59.8. The molecule has 0 aliphatic rings. The Balaban J connectivity index is 4.19. The van der Waals surface area contributed by atoms with Crippen LogP contribution in [0.25, 0.3) is 0 Å². The summed E-state index contributed by atoms with van der Waals surface area (Å²) >= 11 is 0. The Kier molecular flexibility index (Phi) is 47.4. The van der Waals surface area contributed by atoms with Crippen molar-refractivity contribution in [1.82, 2.24) is 0 Å². The highest BCUT2D eigenvalue weighted by atomic mass is 16.6. The lowest BCUT2D eigenvalue weighted by Gasteiger charge is -2.18. The van der Waals surface area contributed by atoms with Gasteiger partial charge in [0.25, 0.3) is 0 Å². The zero-order chi connectivity index (χ0) is 42.1. The monoisotopic (exact) mass is 813 g/mol. The normalized spacial score (nSPS) is 12.5. The van der Waals surface area contributed by atoms with Crippen LogP contribution < -0.4 is 0 Å². The standard InChI is InChI=1S/C53H96O5/c1-4-7-10-13-16-19-21-23-25-26-27-29-31-33-36-39-42-45-48-56-49-51(58-53(55)47-44-41-38-34-18-15-12-9-6-3)50-57-52(54)46-43-40-37-35-32-30-28-24-22-20-17-14-11-8-5-2/h8,11,17,20,23-25,28,51H,4-7,9-10,12-16,18-19,21-22,26-27,29-50H2,1-3H3/b11-8-,20-17-,25-23-,28-24-. The highest BCUT2D eigenvalue weighted by Crippen LogP contribution is 2.14. The second kappa shape index (κ2) is 49.2. The quantitative estimate of drug-likeness (QED) is 0.0348. The lowest BCUT2D eigenvalue weighted by Crippen LogP contribution is -2.30. The lowest BCUT2D eigenvalue weighted by atomic mass is 10.1. The molecule has 5 nitrogen and oxygen atoms in total. The van der Waals surface area contributed by atoms with Gasteiger partial charge in [0.1, 0.15) is 6.61 Å². The van der Waals surface area contributed by atoms with Gasteiger partial charge in [-0.3, -0.25) is 9.59 Å². The molecule has 58 heavy (non-hydrogen) atoms. The van der Waals surface area contributed by atoms with Crippen molar-refractivity contribution in [3.8, 4) is 0 Å². The van der Waals surface area contributed by atoms with Gasteiger partial charge in [0.15, 0.2) is 6.10 Å². The van der Waals surface area contributed by atoms with Gasteiger partial charge in [0.2, 0.25) is 0 Å². The molecule has 0 saturated heterocycles. The smallest absolute Gasteiger partial charge is 0.306 e. The predicted octanol–water partition coefficient (Wildman–Crippen LogP) is 16.8. The van der Waals surface area contributed by atoms with Crippen LogP contribution in [0.5, 0.6) is 0 Å². The molecule has 1 atom stereocenters. The Morgan fingerprint density at radius 1 is 0.397 bits per heavy atom. The number of rotatable bonds is 46. The molecule has 0 N–H and O–H groups in total. The van der Waals surface area contributed by atoms with Gasteiger partial charge in [0.05, 0.1) is 6.61 Å². The zero-order valence-corrected chi connectivity index (χ0v) is 38.8. The molecule has 0 rings (SSSR count). The number of carbonyl (C=O) groups is 2. The molecule has 0 bridgehead atoms. The first kappa shape index (κ1) is 55.9. The zero-order valence-electron chi connectivity index (χ0n) is 38.8. The van der Waals surface area contributed by atoms with E-state index in [1.165, 1.54) is 148 Å². The fraction of sp³-hybridized carbons (Fsp3) is 0.811. The van der Waals surface area contributed by atoms with E-state index in [1.807, 2.05) is 0 Å². The van der Waals surface area contributed by atoms with Crippen LogP contribution in [0.15, 0.2) is 48.6 Å². The third-order valence-electron chi connectivity index (χ3n) is 10.8. The van der Waals surface area contributed by atoms with Gasteiger partial charge in [-0.25, -0.2) is 0 Å². The molecular weight excluding hydrogens is 717 g/mol. The molecule has 0 amide bonds. The van der Waals surface area contributed by atoms with E-state index in [9.17, 15) is 9.59 Å². The SMILES string of the molecule is CC/C=C\C/C=C\C/C=C\CCCCCCCC(=O)OCC(COCCCCCCCCCC/C=C\CCCCCCCC)OC(=O)CCCCCCCCCCC. The molecule has 0 fully saturated rings. The van der Waals surface area contributed by atoms with Gasteiger partial charge in [-0.1, -0.05) is 211 Å². The molecule has 0 spiro atoms. The Bertz CT molecular complexity index is 966. The van der Waals surface area contributed by atoms with Gasteiger partial charge in [-0.05, 0) is 77.0 Å². The van der Waals surface area contributed by atoms with Gasteiger partial charge in [0, 0.05) is 19.4 Å². The highest BCUT2D eigenvalue weighted by Gasteiger charge is 2.17. The van der Waals surface area contributed by atoms with Crippen molar-refractivity contribution in [2.24, 2.45) is 0 Å². The maximum absolute atomic E-state index is 12.7. The number of hydrogen-bond acceptors (Lipinski definition) is 5. The number of esters is 2. The Labute approximate surface area is 361 Å². The molecule has 0 aliphatic carbocycles. The summed E-state index contributed by atoms with van der Waals surface area (Å²) in [5, 5.41) is 0. The second-order valence-corrected chi connectivity index (χ2v) is 16.7. The highest BCUT2D eigenvalue weighted by molar-refractivity contribution is 5.70. The Hall–Kier alpha value is -2.14. The van der Waals surface area contributed by atoms with E-state index in [1.54, 1.807) is 0 Å². The molecular formula is C53H96O5. The number of ether oxygens (including phenoxy) is 3. The second-order valence-electron chi connectivity index (χ2n) is 16.7. The van der Waals surface area contributed by atoms with Crippen LogP contribution in [0.3, 0.4) is 0 Å². The molecule has 0 aromatic heterocycles. The molecule has 0 heterocycles. The van der Waals surface area contributed by atoms with Crippen LogP contribution in [0, 0.1) is 0 Å². The van der Waals surface area contributed by atoms with E-state index >= 15 is 0 Å². The number of allylic oxidation sites excluding steroid dienone is 8. The molecule has 0 saturated carbocycles. The van der Waals surface area contributed by atoms with E-state index in [4.69, 9.17) is 14.2 Å². The van der Waals surface area contributed by atoms with Crippen LogP contribution in [-0.4, -0.2) is 37.9 Å². The topological polar surface area (TPSA) is 61.8 Å². The van der Waals surface area contributed by atoms with Crippen molar-refractivity contribution >= 4 is 11.9 Å². The third-order valence-corrected chi connectivity index (χ3v) is 10.8. The first-order valence-corrected chi connectivity index (χ1v) is 25.2. The van der Waals surface area contributed by atoms with E-state index in [2.05, 4.69) is 69.4 Å². The average molecular weight is 813 g/mol. The summed E-state index contributed by atoms with van der Waals surface area (Å²) in [4.78, 5) is 25.3. The van der Waals surface area contributed by atoms with Gasteiger partial charge in [-0.15, -0.1) is 0 Å². The molecule has 338 valence electrons. The Morgan fingerprint density at radius 3 is 1.26 bits per heavy atom. The van der Waals surface area contributed by atoms with E-state index in [0.29, 0.717) is 19.4 Å². The van der Waals surface area contributed by atoms with Crippen molar-refractivity contribution in [3.63, 3.8) is 0 Å². The number of hydrogen-bond donors (Lipinski definition) is 0. The van der Waals surface area contributed by atoms with Crippen LogP contribution in [0.4, 0.5) is 0 Å². The fourth-order valence-corrected chi connectivity index (χ4v) is 7.11. The number of carbonyl (C=O) groups excluding carboxylic acids is 2. The van der Waals surface area contributed by atoms with E-state index in [0.717, 1.165) is 70.6 Å². The van der Waals surface area contributed by atoms with Crippen molar-refractivity contribution in [3.05, 3.63) is 48.6 Å². The van der Waals surface area contributed by atoms with Crippen LogP contribution in [-0.2, 0) is 23.8 Å². The maximum atomic E-state index is 12.7. The van der Waals surface area contributed by atoms with Crippen molar-refractivity contribution in [2.45, 2.75) is 258 Å². The van der Waals surface area contributed by atoms with Gasteiger partial charge >= 0.3 is 11.9 Å². The molecule has 1 unspecified atom stereocenters. The molecule has 0 aliphatic heterocycles. The summed E-state index contributed by atoms with van der Waals surface area (Å²) in [6, 6.07) is 0. The van der Waals surface area contributed by atoms with E-state index < -0.39 is 6.10 Å². The number of unbranched alkanes of at least 4 members (excludes halogenated alkanes) is 27. The molecule has 5 heteroatoms. The van der Waals surface area contributed by atoms with Crippen molar-refractivity contribution < 1.29 is 23.8 Å². The summed E-state index contributed by atoms with van der Waals surface area (Å²) in [6.45, 7) is 7.70. The largest absolute Gasteiger partial charge is 0.462 e. The van der Waals surface area contributed by atoms with Crippen molar-refractivity contribution in [1.29, 1.82) is 0 Å². The minimum absolute atomic E-state index is 0.0776. The third kappa shape index (κ3) is 46.5. The Morgan fingerprint density at radius 2 is 0.776 bits per heavy atom. The van der Waals surface area contributed by atoms with Crippen LogP contribution in [0.2, 0.25) is 0 Å². The van der Waals surface area contributed by atoms with Gasteiger partial charge < -0.3 is 14.2 Å². The summed E-state index contributed by atoms with van der Waals surface area (Å²) in [7, 11) is 0. The lowest BCUT2D eigenvalue weighted by molar-refractivity contribution is -0.163. The first-order chi connectivity index (χ1) is 28.6. The van der Waals surface area contributed by atoms with Crippen LogP contribution in [0.1, 0.15) is 252 Å². The van der Waals surface area contributed by atoms with Crippen molar-refractivity contribution in [2.75, 3.05) is 19.8 Å². The minimum Gasteiger partial charge on any atom is -0.462 e. The first-order valence-electron chi connectivity index (χ1n) is 25.2. The maximum Gasteiger partial charge on any atom is 0.306 e. The molecule has 0 aromatic rings. The molecule has 0 aromatic carbocycles. The average Bonchev–Trinajstić information content (AvgIpc) is 3.22. The predicted molar refractivity (Wildman–Crippen MR) is 251 cm³/mol. The molecule has 0 radical (unpaired) electrons. The van der Waals surface area contributed by atoms with E-state index in [-0.39, 0.29) is 25.2 Å². The van der Waals surface area contributed by atoms with Gasteiger partial charge in [-0.2, -0.15) is 0 Å². The fourth-order valence-electron chi connectivity index (χ4n) is 7.11.